The van der Waals surface area contributed by atoms with Crippen molar-refractivity contribution in [3.63, 3.8) is 0 Å². The van der Waals surface area contributed by atoms with Crippen LogP contribution in [0.3, 0.4) is 0 Å². The molecule has 0 spiro atoms. The largest absolute Gasteiger partial charge is 0.240 e. The van der Waals surface area contributed by atoms with E-state index in [0.29, 0.717) is 11.1 Å². The number of halogens is 1. The molecule has 51 valence electrons. The molecule has 2 nitrogen and oxygen atoms in total. The van der Waals surface area contributed by atoms with Crippen LogP contribution in [0.25, 0.3) is 0 Å². The first-order valence-electron chi connectivity index (χ1n) is 3.26. The lowest BCUT2D eigenvalue weighted by molar-refractivity contribution is 0.925. The fourth-order valence-corrected chi connectivity index (χ4v) is 0.987. The Kier molecular flexibility index (Phi) is 1.34. The summed E-state index contributed by atoms with van der Waals surface area (Å²) in [5.74, 6) is 1.45. The summed E-state index contributed by atoms with van der Waals surface area (Å²) < 4.78 is 0. The molecule has 0 atom stereocenters. The second kappa shape index (κ2) is 2.20. The van der Waals surface area contributed by atoms with Gasteiger partial charge in [0.05, 0.1) is 0 Å². The molecule has 0 amide bonds. The maximum absolute atomic E-state index is 5.61. The minimum absolute atomic E-state index is 0.428. The summed E-state index contributed by atoms with van der Waals surface area (Å²) in [6.07, 6.45) is 4.00. The molecular weight excluding hydrogens is 148 g/mol. The number of aromatic nitrogens is 2. The molecule has 0 aliphatic heterocycles. The van der Waals surface area contributed by atoms with E-state index in [1.807, 2.05) is 0 Å². The van der Waals surface area contributed by atoms with Gasteiger partial charge >= 0.3 is 0 Å². The molecule has 1 aliphatic carbocycles. The van der Waals surface area contributed by atoms with E-state index >= 15 is 0 Å². The number of hydrogen-bond acceptors (Lipinski definition) is 2. The summed E-state index contributed by atoms with van der Waals surface area (Å²) in [5, 5.41) is 0.428. The summed E-state index contributed by atoms with van der Waals surface area (Å²) in [5.41, 5.74) is 0. The molecule has 1 heterocycles. The van der Waals surface area contributed by atoms with E-state index in [4.69, 9.17) is 11.6 Å². The zero-order valence-corrected chi connectivity index (χ0v) is 6.10. The van der Waals surface area contributed by atoms with Gasteiger partial charge in [0.25, 0.3) is 0 Å². The fourth-order valence-electron chi connectivity index (χ4n) is 0.852. The van der Waals surface area contributed by atoms with Gasteiger partial charge in [0.15, 0.2) is 0 Å². The molecule has 3 heteroatoms. The quantitative estimate of drug-likeness (QED) is 0.575. The second-order valence-electron chi connectivity index (χ2n) is 2.44. The molecular formula is C7H6ClN2. The predicted octanol–water partition coefficient (Wildman–Crippen LogP) is 1.81. The zero-order valence-electron chi connectivity index (χ0n) is 5.34. The molecule has 1 saturated carbocycles. The van der Waals surface area contributed by atoms with Crippen LogP contribution in [-0.2, 0) is 0 Å². The Bertz CT molecular complexity index is 245. The second-order valence-corrected chi connectivity index (χ2v) is 2.80. The molecule has 0 saturated heterocycles. The first kappa shape index (κ1) is 6.10. The Balaban J connectivity index is 2.32. The van der Waals surface area contributed by atoms with Gasteiger partial charge in [0.2, 0.25) is 0 Å². The molecule has 0 bridgehead atoms. The lowest BCUT2D eigenvalue weighted by Crippen LogP contribution is -1.90. The molecule has 1 aromatic rings. The zero-order chi connectivity index (χ0) is 6.97. The van der Waals surface area contributed by atoms with Crippen molar-refractivity contribution in [3.05, 3.63) is 23.2 Å². The van der Waals surface area contributed by atoms with Gasteiger partial charge in [-0.25, -0.2) is 9.97 Å². The van der Waals surface area contributed by atoms with Gasteiger partial charge in [0, 0.05) is 18.2 Å². The van der Waals surface area contributed by atoms with Gasteiger partial charge in [0.1, 0.15) is 11.0 Å². The first-order valence-corrected chi connectivity index (χ1v) is 3.64. The van der Waals surface area contributed by atoms with Crippen LogP contribution in [0.2, 0.25) is 5.15 Å². The van der Waals surface area contributed by atoms with Gasteiger partial charge in [-0.3, -0.25) is 0 Å². The van der Waals surface area contributed by atoms with E-state index in [1.165, 1.54) is 12.8 Å². The van der Waals surface area contributed by atoms with Crippen molar-refractivity contribution in [2.24, 2.45) is 0 Å². The van der Waals surface area contributed by atoms with Crippen molar-refractivity contribution in [1.29, 1.82) is 0 Å². The van der Waals surface area contributed by atoms with E-state index in [-0.39, 0.29) is 0 Å². The normalized spacial score (nSPS) is 17.3. The molecule has 1 aliphatic rings. The van der Waals surface area contributed by atoms with Crippen molar-refractivity contribution in [3.8, 4) is 0 Å². The minimum Gasteiger partial charge on any atom is -0.240 e. The Morgan fingerprint density at radius 3 is 3.00 bits per heavy atom. The smallest absolute Gasteiger partial charge is 0.140 e. The third kappa shape index (κ3) is 1.12. The fraction of sp³-hybridized carbons (Fsp3) is 0.429. The molecule has 2 rings (SSSR count). The van der Waals surface area contributed by atoms with Crippen molar-refractivity contribution >= 4 is 11.6 Å². The van der Waals surface area contributed by atoms with E-state index in [9.17, 15) is 0 Å². The first-order chi connectivity index (χ1) is 4.86. The van der Waals surface area contributed by atoms with Gasteiger partial charge in [-0.2, -0.15) is 0 Å². The van der Waals surface area contributed by atoms with Crippen molar-refractivity contribution in [1.82, 2.24) is 9.97 Å². The highest BCUT2D eigenvalue weighted by molar-refractivity contribution is 6.29. The molecule has 1 radical (unpaired) electrons. The Labute approximate surface area is 64.3 Å². The average Bonchev–Trinajstić information content (AvgIpc) is 2.68. The third-order valence-electron chi connectivity index (χ3n) is 1.54. The SMILES string of the molecule is Clc1[c]cnc(C2CC2)n1. The summed E-state index contributed by atoms with van der Waals surface area (Å²) >= 11 is 5.61. The maximum Gasteiger partial charge on any atom is 0.140 e. The van der Waals surface area contributed by atoms with E-state index in [2.05, 4.69) is 16.0 Å². The van der Waals surface area contributed by atoms with Crippen LogP contribution in [0.5, 0.6) is 0 Å². The summed E-state index contributed by atoms with van der Waals surface area (Å²) in [6.45, 7) is 0. The molecule has 0 unspecified atom stereocenters. The third-order valence-corrected chi connectivity index (χ3v) is 1.73. The monoisotopic (exact) mass is 153 g/mol. The van der Waals surface area contributed by atoms with Gasteiger partial charge in [-0.15, -0.1) is 0 Å². The van der Waals surface area contributed by atoms with Crippen LogP contribution < -0.4 is 0 Å². The summed E-state index contributed by atoms with van der Waals surface area (Å²) in [6, 6.07) is 2.70. The van der Waals surface area contributed by atoms with Crippen molar-refractivity contribution in [2.45, 2.75) is 18.8 Å². The Hall–Kier alpha value is -0.630. The van der Waals surface area contributed by atoms with E-state index < -0.39 is 0 Å². The molecule has 0 N–H and O–H groups in total. The minimum atomic E-state index is 0.428. The Morgan fingerprint density at radius 1 is 1.60 bits per heavy atom. The van der Waals surface area contributed by atoms with E-state index in [0.717, 1.165) is 5.82 Å². The standard InChI is InChI=1S/C7H6ClN2/c8-6-3-4-9-7(10-6)5-1-2-5/h4-5H,1-2H2. The van der Waals surface area contributed by atoms with Crippen LogP contribution in [0, 0.1) is 6.07 Å². The molecule has 1 aromatic heterocycles. The number of nitrogens with zero attached hydrogens (tertiary/aromatic N) is 2. The lowest BCUT2D eigenvalue weighted by atomic mass is 10.4. The van der Waals surface area contributed by atoms with Crippen molar-refractivity contribution in [2.75, 3.05) is 0 Å². The van der Waals surface area contributed by atoms with Gasteiger partial charge < -0.3 is 0 Å². The highest BCUT2D eigenvalue weighted by Gasteiger charge is 2.26. The summed E-state index contributed by atoms with van der Waals surface area (Å²) in [7, 11) is 0. The number of hydrogen-bond donors (Lipinski definition) is 0. The highest BCUT2D eigenvalue weighted by Crippen LogP contribution is 2.37. The predicted molar refractivity (Wildman–Crippen MR) is 37.9 cm³/mol. The van der Waals surface area contributed by atoms with Crippen LogP contribution in [-0.4, -0.2) is 9.97 Å². The van der Waals surface area contributed by atoms with Crippen LogP contribution in [0.15, 0.2) is 6.20 Å². The summed E-state index contributed by atoms with van der Waals surface area (Å²) in [4.78, 5) is 8.08. The average molecular weight is 154 g/mol. The lowest BCUT2D eigenvalue weighted by Gasteiger charge is -1.93. The Morgan fingerprint density at radius 2 is 2.40 bits per heavy atom. The van der Waals surface area contributed by atoms with Crippen LogP contribution in [0.4, 0.5) is 0 Å². The van der Waals surface area contributed by atoms with Crippen LogP contribution >= 0.6 is 11.6 Å². The molecule has 1 fully saturated rings. The van der Waals surface area contributed by atoms with Gasteiger partial charge in [-0.05, 0) is 12.8 Å². The van der Waals surface area contributed by atoms with Crippen LogP contribution in [0.1, 0.15) is 24.6 Å². The van der Waals surface area contributed by atoms with Crippen molar-refractivity contribution < 1.29 is 0 Å². The highest BCUT2D eigenvalue weighted by atomic mass is 35.5. The molecule has 10 heavy (non-hydrogen) atoms. The van der Waals surface area contributed by atoms with E-state index in [1.54, 1.807) is 6.20 Å². The van der Waals surface area contributed by atoms with Gasteiger partial charge in [-0.1, -0.05) is 11.6 Å². The molecule has 0 aromatic carbocycles. The topological polar surface area (TPSA) is 25.8 Å². The maximum atomic E-state index is 5.61. The number of rotatable bonds is 1.